The van der Waals surface area contributed by atoms with E-state index in [1.807, 2.05) is 19.6 Å². The Morgan fingerprint density at radius 3 is 2.72 bits per heavy atom. The van der Waals surface area contributed by atoms with E-state index in [0.29, 0.717) is 12.0 Å². The van der Waals surface area contributed by atoms with Crippen LogP contribution in [0.3, 0.4) is 0 Å². The molecule has 0 radical (unpaired) electrons. The standard InChI is InChI=1S/C19H33N5.HI/c1-16-9-12-23(14-18(16)24-13-11-21-15-24)19(20-2)22-10-8-17-6-4-3-5-7-17;/h11,13,15-18H,3-10,12,14H2,1-2H3,(H,20,22);1H. The van der Waals surface area contributed by atoms with Gasteiger partial charge in [0.05, 0.1) is 12.4 Å². The molecule has 2 aliphatic rings. The average Bonchev–Trinajstić information content (AvgIpc) is 3.15. The lowest BCUT2D eigenvalue weighted by atomic mass is 9.87. The molecular weight excluding hydrogens is 425 g/mol. The van der Waals surface area contributed by atoms with Crippen LogP contribution < -0.4 is 5.32 Å². The second-order valence-corrected chi connectivity index (χ2v) is 7.56. The Morgan fingerprint density at radius 2 is 2.04 bits per heavy atom. The predicted molar refractivity (Wildman–Crippen MR) is 115 cm³/mol. The largest absolute Gasteiger partial charge is 0.356 e. The Kier molecular flexibility index (Phi) is 8.52. The summed E-state index contributed by atoms with van der Waals surface area (Å²) in [5.41, 5.74) is 0. The average molecular weight is 459 g/mol. The maximum atomic E-state index is 4.54. The summed E-state index contributed by atoms with van der Waals surface area (Å²) in [7, 11) is 1.91. The van der Waals surface area contributed by atoms with E-state index in [1.165, 1.54) is 44.9 Å². The van der Waals surface area contributed by atoms with Gasteiger partial charge >= 0.3 is 0 Å². The van der Waals surface area contributed by atoms with Crippen LogP contribution in [0.1, 0.15) is 57.9 Å². The maximum absolute atomic E-state index is 4.54. The third kappa shape index (κ3) is 5.59. The molecule has 1 N–H and O–H groups in total. The minimum atomic E-state index is 0. The summed E-state index contributed by atoms with van der Waals surface area (Å²) >= 11 is 0. The van der Waals surface area contributed by atoms with E-state index < -0.39 is 0 Å². The first-order valence-corrected chi connectivity index (χ1v) is 9.71. The van der Waals surface area contributed by atoms with Gasteiger partial charge in [0.15, 0.2) is 5.96 Å². The van der Waals surface area contributed by atoms with Crippen molar-refractivity contribution in [2.24, 2.45) is 16.8 Å². The molecule has 1 aliphatic carbocycles. The molecule has 6 heteroatoms. The van der Waals surface area contributed by atoms with Crippen LogP contribution in [0.2, 0.25) is 0 Å². The number of likely N-dealkylation sites (tertiary alicyclic amines) is 1. The van der Waals surface area contributed by atoms with Crippen molar-refractivity contribution in [2.75, 3.05) is 26.7 Å². The molecule has 1 saturated carbocycles. The van der Waals surface area contributed by atoms with E-state index in [-0.39, 0.29) is 24.0 Å². The van der Waals surface area contributed by atoms with Crippen molar-refractivity contribution in [1.82, 2.24) is 19.8 Å². The number of nitrogens with one attached hydrogen (secondary N) is 1. The first kappa shape index (κ1) is 20.5. The lowest BCUT2D eigenvalue weighted by Gasteiger charge is -2.39. The zero-order valence-corrected chi connectivity index (χ0v) is 18.1. The number of aliphatic imine (C=N–C) groups is 1. The van der Waals surface area contributed by atoms with Crippen LogP contribution in [-0.4, -0.2) is 47.1 Å². The van der Waals surface area contributed by atoms with E-state index in [9.17, 15) is 0 Å². The SMILES string of the molecule is CN=C(NCCC1CCCCC1)N1CCC(C)C(n2ccnc2)C1.I. The fourth-order valence-electron chi connectivity index (χ4n) is 4.29. The molecular formula is C19H34IN5. The van der Waals surface area contributed by atoms with Gasteiger partial charge in [0.1, 0.15) is 0 Å². The van der Waals surface area contributed by atoms with Crippen LogP contribution in [-0.2, 0) is 0 Å². The first-order valence-electron chi connectivity index (χ1n) is 9.71. The Morgan fingerprint density at radius 1 is 1.24 bits per heavy atom. The molecule has 0 aromatic carbocycles. The predicted octanol–water partition coefficient (Wildman–Crippen LogP) is 3.93. The molecule has 142 valence electrons. The Hall–Kier alpha value is -0.790. The normalized spacial score (nSPS) is 25.5. The van der Waals surface area contributed by atoms with Crippen molar-refractivity contribution in [2.45, 2.75) is 57.9 Å². The van der Waals surface area contributed by atoms with Crippen LogP contribution in [0, 0.1) is 11.8 Å². The third-order valence-corrected chi connectivity index (χ3v) is 5.90. The van der Waals surface area contributed by atoms with Crippen LogP contribution >= 0.6 is 24.0 Å². The van der Waals surface area contributed by atoms with Crippen LogP contribution in [0.4, 0.5) is 0 Å². The summed E-state index contributed by atoms with van der Waals surface area (Å²) in [6.45, 7) is 5.51. The quantitative estimate of drug-likeness (QED) is 0.422. The highest BCUT2D eigenvalue weighted by Crippen LogP contribution is 2.28. The molecule has 3 rings (SSSR count). The highest BCUT2D eigenvalue weighted by molar-refractivity contribution is 14.0. The van der Waals surface area contributed by atoms with Gasteiger partial charge in [-0.25, -0.2) is 4.98 Å². The highest BCUT2D eigenvalue weighted by atomic mass is 127. The monoisotopic (exact) mass is 459 g/mol. The van der Waals surface area contributed by atoms with Crippen LogP contribution in [0.15, 0.2) is 23.7 Å². The maximum Gasteiger partial charge on any atom is 0.193 e. The number of rotatable bonds is 4. The number of nitrogens with zero attached hydrogens (tertiary/aromatic N) is 4. The Labute approximate surface area is 169 Å². The summed E-state index contributed by atoms with van der Waals surface area (Å²) in [6, 6.07) is 0.484. The van der Waals surface area contributed by atoms with Gasteiger partial charge in [-0.2, -0.15) is 0 Å². The second kappa shape index (κ2) is 10.4. The minimum Gasteiger partial charge on any atom is -0.356 e. The topological polar surface area (TPSA) is 45.5 Å². The molecule has 2 fully saturated rings. The fraction of sp³-hybridized carbons (Fsp3) is 0.789. The van der Waals surface area contributed by atoms with Crippen molar-refractivity contribution < 1.29 is 0 Å². The van der Waals surface area contributed by atoms with E-state index in [1.54, 1.807) is 0 Å². The second-order valence-electron chi connectivity index (χ2n) is 7.56. The first-order chi connectivity index (χ1) is 11.8. The van der Waals surface area contributed by atoms with Gasteiger partial charge in [0.25, 0.3) is 0 Å². The zero-order valence-electron chi connectivity index (χ0n) is 15.7. The number of hydrogen-bond donors (Lipinski definition) is 1. The van der Waals surface area contributed by atoms with Crippen molar-refractivity contribution in [3.05, 3.63) is 18.7 Å². The van der Waals surface area contributed by atoms with Gasteiger partial charge in [-0.1, -0.05) is 39.0 Å². The van der Waals surface area contributed by atoms with Gasteiger partial charge in [-0.15, -0.1) is 24.0 Å². The molecule has 0 amide bonds. The molecule has 25 heavy (non-hydrogen) atoms. The molecule has 1 aromatic heterocycles. The van der Waals surface area contributed by atoms with Crippen molar-refractivity contribution in [3.63, 3.8) is 0 Å². The van der Waals surface area contributed by atoms with E-state index in [2.05, 4.69) is 37.9 Å². The van der Waals surface area contributed by atoms with Crippen molar-refractivity contribution in [3.8, 4) is 0 Å². The number of piperidine rings is 1. The van der Waals surface area contributed by atoms with Crippen molar-refractivity contribution >= 4 is 29.9 Å². The van der Waals surface area contributed by atoms with E-state index in [0.717, 1.165) is 31.5 Å². The summed E-state index contributed by atoms with van der Waals surface area (Å²) in [4.78, 5) is 11.2. The smallest absolute Gasteiger partial charge is 0.193 e. The van der Waals surface area contributed by atoms with Gasteiger partial charge in [-0.05, 0) is 24.7 Å². The van der Waals surface area contributed by atoms with Gasteiger partial charge < -0.3 is 14.8 Å². The molecule has 0 spiro atoms. The molecule has 2 atom stereocenters. The molecule has 2 heterocycles. The molecule has 1 saturated heterocycles. The third-order valence-electron chi connectivity index (χ3n) is 5.90. The molecule has 2 unspecified atom stereocenters. The summed E-state index contributed by atoms with van der Waals surface area (Å²) in [5, 5.41) is 3.62. The highest BCUT2D eigenvalue weighted by Gasteiger charge is 2.28. The van der Waals surface area contributed by atoms with Gasteiger partial charge in [-0.3, -0.25) is 4.99 Å². The summed E-state index contributed by atoms with van der Waals surface area (Å²) in [6.07, 6.45) is 15.5. The molecule has 5 nitrogen and oxygen atoms in total. The number of imidazole rings is 1. The molecule has 0 bridgehead atoms. The summed E-state index contributed by atoms with van der Waals surface area (Å²) in [5.74, 6) is 2.67. The van der Waals surface area contributed by atoms with Crippen LogP contribution in [0.5, 0.6) is 0 Å². The Balaban J connectivity index is 0.00000225. The van der Waals surface area contributed by atoms with E-state index in [4.69, 9.17) is 0 Å². The van der Waals surface area contributed by atoms with Crippen molar-refractivity contribution in [1.29, 1.82) is 0 Å². The lowest BCUT2D eigenvalue weighted by molar-refractivity contribution is 0.188. The van der Waals surface area contributed by atoms with Gasteiger partial charge in [0, 0.05) is 39.1 Å². The minimum absolute atomic E-state index is 0. The van der Waals surface area contributed by atoms with Crippen LogP contribution in [0.25, 0.3) is 0 Å². The summed E-state index contributed by atoms with van der Waals surface area (Å²) < 4.78 is 2.26. The molecule has 1 aliphatic heterocycles. The zero-order chi connectivity index (χ0) is 16.8. The molecule has 1 aromatic rings. The number of halogens is 1. The van der Waals surface area contributed by atoms with Gasteiger partial charge in [0.2, 0.25) is 0 Å². The number of hydrogen-bond acceptors (Lipinski definition) is 2. The van der Waals surface area contributed by atoms with E-state index >= 15 is 0 Å². The fourth-order valence-corrected chi connectivity index (χ4v) is 4.29. The number of guanidine groups is 1. The Bertz CT molecular complexity index is 510. The lowest BCUT2D eigenvalue weighted by Crippen LogP contribution is -2.49. The number of aromatic nitrogens is 2.